The minimum Gasteiger partial charge on any atom is -0.383 e. The second kappa shape index (κ2) is 8.41. The van der Waals surface area contributed by atoms with Gasteiger partial charge in [0.05, 0.1) is 12.3 Å². The Morgan fingerprint density at radius 1 is 1.25 bits per heavy atom. The van der Waals surface area contributed by atoms with Crippen LogP contribution in [-0.2, 0) is 16.0 Å². The lowest BCUT2D eigenvalue weighted by molar-refractivity contribution is -0.140. The third-order valence-corrected chi connectivity index (χ3v) is 5.44. The molecule has 2 aromatic heterocycles. The molecule has 0 spiro atoms. The van der Waals surface area contributed by atoms with E-state index in [-0.39, 0.29) is 11.7 Å². The molecule has 150 valence electrons. The number of ether oxygens (including phenoxy) is 1. The first-order chi connectivity index (χ1) is 13.3. The molecule has 0 saturated heterocycles. The molecule has 0 aliphatic carbocycles. The highest BCUT2D eigenvalue weighted by Crippen LogP contribution is 2.25. The molecule has 0 aliphatic rings. The predicted molar refractivity (Wildman–Crippen MR) is 110 cm³/mol. The quantitative estimate of drug-likeness (QED) is 0.592. The predicted octanol–water partition coefficient (Wildman–Crippen LogP) is 4.27. The van der Waals surface area contributed by atoms with Gasteiger partial charge in [0.1, 0.15) is 5.82 Å². The molecule has 3 rings (SSSR count). The van der Waals surface area contributed by atoms with Crippen LogP contribution in [0.1, 0.15) is 26.5 Å². The molecule has 0 saturated carbocycles. The topological polar surface area (TPSA) is 46.8 Å². The Kier molecular flexibility index (Phi) is 6.15. The van der Waals surface area contributed by atoms with Gasteiger partial charge in [0.25, 0.3) is 0 Å². The molecule has 0 unspecified atom stereocenters. The summed E-state index contributed by atoms with van der Waals surface area (Å²) in [5.74, 6) is -0.140. The number of carbonyl (C=O) groups excluding carboxylic acids is 1. The Bertz CT molecular complexity index is 941. The van der Waals surface area contributed by atoms with Crippen LogP contribution < -0.4 is 0 Å². The molecule has 0 radical (unpaired) electrons. The fourth-order valence-corrected chi connectivity index (χ4v) is 3.92. The average molecular weight is 404 g/mol. The van der Waals surface area contributed by atoms with Crippen LogP contribution in [0.3, 0.4) is 0 Å². The molecule has 0 fully saturated rings. The second-order valence-corrected chi connectivity index (χ2v) is 8.63. The third kappa shape index (κ3) is 4.59. The van der Waals surface area contributed by atoms with Crippen molar-refractivity contribution in [3.63, 3.8) is 0 Å². The zero-order valence-electron chi connectivity index (χ0n) is 16.7. The van der Waals surface area contributed by atoms with Gasteiger partial charge in [-0.05, 0) is 24.3 Å². The Hall–Kier alpha value is -2.25. The van der Waals surface area contributed by atoms with Crippen molar-refractivity contribution in [3.05, 3.63) is 47.4 Å². The number of halogens is 1. The lowest BCUT2D eigenvalue weighted by atomic mass is 9.94. The zero-order valence-corrected chi connectivity index (χ0v) is 17.6. The maximum absolute atomic E-state index is 13.2. The smallest absolute Gasteiger partial charge is 0.228 e. The zero-order chi connectivity index (χ0) is 20.3. The van der Waals surface area contributed by atoms with Gasteiger partial charge in [0.2, 0.25) is 5.91 Å². The Morgan fingerprint density at radius 2 is 1.96 bits per heavy atom. The van der Waals surface area contributed by atoms with Gasteiger partial charge in [-0.2, -0.15) is 0 Å². The molecule has 2 heterocycles. The van der Waals surface area contributed by atoms with E-state index in [4.69, 9.17) is 4.74 Å². The number of hydrogen-bond acceptors (Lipinski definition) is 4. The van der Waals surface area contributed by atoms with Crippen molar-refractivity contribution >= 4 is 22.2 Å². The van der Waals surface area contributed by atoms with Gasteiger partial charge in [-0.15, -0.1) is 11.3 Å². The molecule has 5 nitrogen and oxygen atoms in total. The number of amides is 1. The van der Waals surface area contributed by atoms with Crippen LogP contribution in [0.4, 0.5) is 4.39 Å². The summed E-state index contributed by atoms with van der Waals surface area (Å²) in [5.41, 5.74) is 2.37. The first-order valence-electron chi connectivity index (χ1n) is 9.29. The minimum atomic E-state index is -0.428. The van der Waals surface area contributed by atoms with Gasteiger partial charge < -0.3 is 9.64 Å². The maximum Gasteiger partial charge on any atom is 0.228 e. The number of fused-ring (bicyclic) bond motifs is 1. The van der Waals surface area contributed by atoms with Crippen LogP contribution in [0.5, 0.6) is 0 Å². The molecule has 7 heteroatoms. The molecule has 1 amide bonds. The standard InChI is InChI=1S/C21H26FN3O2S/c1-21(2,3)19(26)24(11-12-27-4)10-9-17-14-28-20-23-18(13-25(17)20)15-5-7-16(22)8-6-15/h5-8,13-14H,9-12H2,1-4H3. The van der Waals surface area contributed by atoms with Crippen molar-refractivity contribution in [1.82, 2.24) is 14.3 Å². The Morgan fingerprint density at radius 3 is 2.61 bits per heavy atom. The number of rotatable bonds is 7. The largest absolute Gasteiger partial charge is 0.383 e. The number of thiazole rings is 1. The highest BCUT2D eigenvalue weighted by Gasteiger charge is 2.27. The van der Waals surface area contributed by atoms with Gasteiger partial charge in [-0.1, -0.05) is 20.8 Å². The SMILES string of the molecule is COCCN(CCc1csc2nc(-c3ccc(F)cc3)cn12)C(=O)C(C)(C)C. The van der Waals surface area contributed by atoms with Crippen LogP contribution in [0.2, 0.25) is 0 Å². The number of benzene rings is 1. The summed E-state index contributed by atoms with van der Waals surface area (Å²) in [6.07, 6.45) is 2.70. The fourth-order valence-electron chi connectivity index (χ4n) is 3.01. The molecular weight excluding hydrogens is 377 g/mol. The van der Waals surface area contributed by atoms with Crippen LogP contribution in [0.25, 0.3) is 16.2 Å². The van der Waals surface area contributed by atoms with E-state index in [1.807, 2.05) is 31.9 Å². The summed E-state index contributed by atoms with van der Waals surface area (Å²) in [7, 11) is 1.64. The molecule has 0 atom stereocenters. The lowest BCUT2D eigenvalue weighted by Gasteiger charge is -2.29. The monoisotopic (exact) mass is 403 g/mol. The second-order valence-electron chi connectivity index (χ2n) is 7.80. The van der Waals surface area contributed by atoms with Crippen molar-refractivity contribution in [2.24, 2.45) is 5.41 Å². The molecule has 0 aliphatic heterocycles. The summed E-state index contributed by atoms with van der Waals surface area (Å²) in [4.78, 5) is 20.1. The summed E-state index contributed by atoms with van der Waals surface area (Å²) in [5, 5.41) is 2.08. The van der Waals surface area contributed by atoms with Crippen LogP contribution >= 0.6 is 11.3 Å². The normalized spacial score (nSPS) is 11.9. The summed E-state index contributed by atoms with van der Waals surface area (Å²) in [6.45, 7) is 7.51. The van der Waals surface area contributed by atoms with Gasteiger partial charge in [-0.3, -0.25) is 9.20 Å². The summed E-state index contributed by atoms with van der Waals surface area (Å²) < 4.78 is 20.4. The van der Waals surface area contributed by atoms with Crippen molar-refractivity contribution in [1.29, 1.82) is 0 Å². The third-order valence-electron chi connectivity index (χ3n) is 4.56. The minimum absolute atomic E-state index is 0.119. The summed E-state index contributed by atoms with van der Waals surface area (Å²) >= 11 is 1.57. The Balaban J connectivity index is 1.77. The average Bonchev–Trinajstić information content (AvgIpc) is 3.22. The van der Waals surface area contributed by atoms with Crippen LogP contribution in [-0.4, -0.2) is 47.0 Å². The van der Waals surface area contributed by atoms with Crippen molar-refractivity contribution in [2.45, 2.75) is 27.2 Å². The van der Waals surface area contributed by atoms with E-state index in [1.54, 1.807) is 30.6 Å². The van der Waals surface area contributed by atoms with E-state index < -0.39 is 5.41 Å². The number of nitrogens with zero attached hydrogens (tertiary/aromatic N) is 3. The number of hydrogen-bond donors (Lipinski definition) is 0. The van der Waals surface area contributed by atoms with Gasteiger partial charge in [0.15, 0.2) is 4.96 Å². The fraction of sp³-hybridized carbons (Fsp3) is 0.429. The van der Waals surface area contributed by atoms with Crippen LogP contribution in [0, 0.1) is 11.2 Å². The van der Waals surface area contributed by atoms with E-state index in [0.717, 1.165) is 28.3 Å². The number of imidazole rings is 1. The van der Waals surface area contributed by atoms with E-state index in [0.29, 0.717) is 19.7 Å². The van der Waals surface area contributed by atoms with Crippen molar-refractivity contribution in [3.8, 4) is 11.3 Å². The molecule has 3 aromatic rings. The Labute approximate surface area is 168 Å². The molecule has 28 heavy (non-hydrogen) atoms. The summed E-state index contributed by atoms with van der Waals surface area (Å²) in [6, 6.07) is 6.34. The molecular formula is C21H26FN3O2S. The van der Waals surface area contributed by atoms with E-state index in [2.05, 4.69) is 14.8 Å². The van der Waals surface area contributed by atoms with Gasteiger partial charge in [0, 0.05) is 54.9 Å². The van der Waals surface area contributed by atoms with Gasteiger partial charge in [-0.25, -0.2) is 9.37 Å². The molecule has 0 bridgehead atoms. The lowest BCUT2D eigenvalue weighted by Crippen LogP contribution is -2.42. The van der Waals surface area contributed by atoms with Crippen molar-refractivity contribution < 1.29 is 13.9 Å². The first-order valence-corrected chi connectivity index (χ1v) is 10.2. The van der Waals surface area contributed by atoms with E-state index in [1.165, 1.54) is 12.1 Å². The molecule has 0 N–H and O–H groups in total. The molecule has 1 aromatic carbocycles. The van der Waals surface area contributed by atoms with Gasteiger partial charge >= 0.3 is 0 Å². The van der Waals surface area contributed by atoms with E-state index >= 15 is 0 Å². The van der Waals surface area contributed by atoms with Crippen LogP contribution in [0.15, 0.2) is 35.8 Å². The number of carbonyl (C=O) groups is 1. The number of methoxy groups -OCH3 is 1. The highest BCUT2D eigenvalue weighted by molar-refractivity contribution is 7.15. The van der Waals surface area contributed by atoms with Crippen molar-refractivity contribution in [2.75, 3.05) is 26.8 Å². The maximum atomic E-state index is 13.2. The van der Waals surface area contributed by atoms with E-state index in [9.17, 15) is 9.18 Å². The number of aromatic nitrogens is 2. The highest BCUT2D eigenvalue weighted by atomic mass is 32.1. The first kappa shape index (κ1) is 20.5.